The van der Waals surface area contributed by atoms with E-state index < -0.39 is 0 Å². The van der Waals surface area contributed by atoms with Crippen LogP contribution in [0.25, 0.3) is 0 Å². The highest BCUT2D eigenvalue weighted by atomic mass is 16.2. The van der Waals surface area contributed by atoms with E-state index in [4.69, 9.17) is 0 Å². The molecule has 2 amide bonds. The van der Waals surface area contributed by atoms with Gasteiger partial charge in [-0.3, -0.25) is 4.90 Å². The van der Waals surface area contributed by atoms with E-state index in [1.165, 1.54) is 5.56 Å². The molecule has 2 saturated heterocycles. The number of carbonyl (C=O) groups is 1. The SMILES string of the molecule is CC(C)N1CCN(c2cccc(C#N)c2NC(=O)N2CC(C)(c3ccccc3)C2)CC1. The third-order valence-corrected chi connectivity index (χ3v) is 6.62. The second-order valence-corrected chi connectivity index (χ2v) is 9.14. The lowest BCUT2D eigenvalue weighted by Gasteiger charge is -2.48. The number of para-hydroxylation sites is 1. The third-order valence-electron chi connectivity index (χ3n) is 6.62. The number of hydrogen-bond acceptors (Lipinski definition) is 4. The van der Waals surface area contributed by atoms with Crippen molar-refractivity contribution in [2.75, 3.05) is 49.5 Å². The van der Waals surface area contributed by atoms with Crippen LogP contribution < -0.4 is 10.2 Å². The zero-order valence-corrected chi connectivity index (χ0v) is 18.6. The molecular weight excluding hydrogens is 386 g/mol. The zero-order valence-electron chi connectivity index (χ0n) is 18.6. The van der Waals surface area contributed by atoms with Gasteiger partial charge in [0.15, 0.2) is 0 Å². The number of amides is 2. The van der Waals surface area contributed by atoms with E-state index in [1.807, 2.05) is 35.2 Å². The van der Waals surface area contributed by atoms with Gasteiger partial charge in [-0.2, -0.15) is 5.26 Å². The first-order chi connectivity index (χ1) is 14.9. The highest BCUT2D eigenvalue weighted by molar-refractivity contribution is 5.96. The molecular formula is C25H31N5O. The lowest BCUT2D eigenvalue weighted by atomic mass is 9.76. The first kappa shape index (κ1) is 21.2. The lowest BCUT2D eigenvalue weighted by Crippen LogP contribution is -2.60. The second-order valence-electron chi connectivity index (χ2n) is 9.14. The number of piperazine rings is 1. The Morgan fingerprint density at radius 3 is 2.32 bits per heavy atom. The van der Waals surface area contributed by atoms with E-state index in [2.05, 4.69) is 54.1 Å². The number of hydrogen-bond donors (Lipinski definition) is 1. The Kier molecular flexibility index (Phi) is 5.88. The Morgan fingerprint density at radius 2 is 1.71 bits per heavy atom. The van der Waals surface area contributed by atoms with Gasteiger partial charge in [-0.1, -0.05) is 43.3 Å². The molecule has 0 spiro atoms. The van der Waals surface area contributed by atoms with Crippen molar-refractivity contribution in [2.24, 2.45) is 0 Å². The Morgan fingerprint density at radius 1 is 1.03 bits per heavy atom. The summed E-state index contributed by atoms with van der Waals surface area (Å²) in [7, 11) is 0. The summed E-state index contributed by atoms with van der Waals surface area (Å²) < 4.78 is 0. The van der Waals surface area contributed by atoms with Crippen LogP contribution in [0.3, 0.4) is 0 Å². The van der Waals surface area contributed by atoms with E-state index in [0.29, 0.717) is 30.4 Å². The summed E-state index contributed by atoms with van der Waals surface area (Å²) in [4.78, 5) is 19.6. The first-order valence-electron chi connectivity index (χ1n) is 11.0. The molecule has 0 saturated carbocycles. The second kappa shape index (κ2) is 8.60. The number of benzene rings is 2. The maximum atomic E-state index is 13.0. The molecule has 0 radical (unpaired) electrons. The van der Waals surface area contributed by atoms with Crippen LogP contribution >= 0.6 is 0 Å². The smallest absolute Gasteiger partial charge is 0.321 e. The highest BCUT2D eigenvalue weighted by Crippen LogP contribution is 2.36. The number of likely N-dealkylation sites (tertiary alicyclic amines) is 1. The van der Waals surface area contributed by atoms with Crippen molar-refractivity contribution < 1.29 is 4.79 Å². The van der Waals surface area contributed by atoms with Crippen LogP contribution in [0.5, 0.6) is 0 Å². The van der Waals surface area contributed by atoms with Crippen LogP contribution in [-0.2, 0) is 5.41 Å². The summed E-state index contributed by atoms with van der Waals surface area (Å²) >= 11 is 0. The Balaban J connectivity index is 1.47. The number of anilines is 2. The molecule has 0 bridgehead atoms. The average Bonchev–Trinajstić information content (AvgIpc) is 2.77. The molecule has 2 aromatic rings. The Bertz CT molecular complexity index is 967. The number of nitrogens with one attached hydrogen (secondary N) is 1. The first-order valence-corrected chi connectivity index (χ1v) is 11.0. The normalized spacial score (nSPS) is 18.4. The number of nitrogens with zero attached hydrogens (tertiary/aromatic N) is 4. The molecule has 0 aliphatic carbocycles. The lowest BCUT2D eigenvalue weighted by molar-refractivity contribution is 0.112. The number of carbonyl (C=O) groups excluding carboxylic acids is 1. The Hall–Kier alpha value is -3.04. The summed E-state index contributed by atoms with van der Waals surface area (Å²) in [6.07, 6.45) is 0. The quantitative estimate of drug-likeness (QED) is 0.820. The summed E-state index contributed by atoms with van der Waals surface area (Å²) in [5.41, 5.74) is 3.29. The molecule has 6 heteroatoms. The molecule has 4 rings (SSSR count). The fourth-order valence-electron chi connectivity index (χ4n) is 4.66. The van der Waals surface area contributed by atoms with Crippen molar-refractivity contribution in [2.45, 2.75) is 32.2 Å². The van der Waals surface area contributed by atoms with E-state index in [0.717, 1.165) is 31.9 Å². The van der Waals surface area contributed by atoms with Crippen molar-refractivity contribution in [1.29, 1.82) is 5.26 Å². The number of nitriles is 1. The van der Waals surface area contributed by atoms with Crippen LogP contribution in [0, 0.1) is 11.3 Å². The number of rotatable bonds is 4. The molecule has 162 valence electrons. The van der Waals surface area contributed by atoms with Crippen LogP contribution in [0.4, 0.5) is 16.2 Å². The molecule has 2 heterocycles. The molecule has 2 fully saturated rings. The van der Waals surface area contributed by atoms with E-state index >= 15 is 0 Å². The van der Waals surface area contributed by atoms with Gasteiger partial charge in [0, 0.05) is 50.7 Å². The van der Waals surface area contributed by atoms with E-state index in [-0.39, 0.29) is 11.4 Å². The monoisotopic (exact) mass is 417 g/mol. The topological polar surface area (TPSA) is 62.6 Å². The van der Waals surface area contributed by atoms with Crippen LogP contribution in [0.2, 0.25) is 0 Å². The van der Waals surface area contributed by atoms with Crippen molar-refractivity contribution in [3.05, 3.63) is 59.7 Å². The molecule has 1 N–H and O–H groups in total. The minimum Gasteiger partial charge on any atom is -0.367 e. The fraction of sp³-hybridized carbons (Fsp3) is 0.440. The predicted octanol–water partition coefficient (Wildman–Crippen LogP) is 3.89. The zero-order chi connectivity index (χ0) is 22.0. The predicted molar refractivity (Wildman–Crippen MR) is 124 cm³/mol. The van der Waals surface area contributed by atoms with Crippen molar-refractivity contribution in [3.63, 3.8) is 0 Å². The van der Waals surface area contributed by atoms with Gasteiger partial charge < -0.3 is 15.1 Å². The highest BCUT2D eigenvalue weighted by Gasteiger charge is 2.42. The van der Waals surface area contributed by atoms with Gasteiger partial charge in [0.25, 0.3) is 0 Å². The standard InChI is InChI=1S/C25H31N5O/c1-19(2)28-12-14-29(15-13-28)22-11-7-8-20(16-26)23(22)27-24(31)30-17-25(3,18-30)21-9-5-4-6-10-21/h4-11,19H,12-15,17-18H2,1-3H3,(H,27,31). The summed E-state index contributed by atoms with van der Waals surface area (Å²) in [5.74, 6) is 0. The van der Waals surface area contributed by atoms with Crippen LogP contribution in [-0.4, -0.2) is 61.1 Å². The largest absolute Gasteiger partial charge is 0.367 e. The Labute approximate surface area is 185 Å². The van der Waals surface area contributed by atoms with Crippen molar-refractivity contribution in [3.8, 4) is 6.07 Å². The van der Waals surface area contributed by atoms with E-state index in [1.54, 1.807) is 6.07 Å². The maximum Gasteiger partial charge on any atom is 0.321 e. The van der Waals surface area contributed by atoms with Crippen molar-refractivity contribution in [1.82, 2.24) is 9.80 Å². The maximum absolute atomic E-state index is 13.0. The molecule has 2 aliphatic rings. The molecule has 6 nitrogen and oxygen atoms in total. The van der Waals surface area contributed by atoms with E-state index in [9.17, 15) is 10.1 Å². The summed E-state index contributed by atoms with van der Waals surface area (Å²) in [5, 5.41) is 12.7. The number of urea groups is 1. The van der Waals surface area contributed by atoms with Gasteiger partial charge in [0.1, 0.15) is 6.07 Å². The van der Waals surface area contributed by atoms with Gasteiger partial charge in [-0.25, -0.2) is 4.79 Å². The minimum atomic E-state index is -0.141. The van der Waals surface area contributed by atoms with Gasteiger partial charge in [-0.05, 0) is 31.5 Å². The van der Waals surface area contributed by atoms with Crippen molar-refractivity contribution >= 4 is 17.4 Å². The summed E-state index contributed by atoms with van der Waals surface area (Å²) in [6.45, 7) is 11.7. The van der Waals surface area contributed by atoms with Crippen LogP contribution in [0.1, 0.15) is 31.9 Å². The molecule has 31 heavy (non-hydrogen) atoms. The molecule has 0 atom stereocenters. The molecule has 0 aromatic heterocycles. The van der Waals surface area contributed by atoms with Gasteiger partial charge in [-0.15, -0.1) is 0 Å². The van der Waals surface area contributed by atoms with Gasteiger partial charge in [0.2, 0.25) is 0 Å². The molecule has 2 aliphatic heterocycles. The van der Waals surface area contributed by atoms with Crippen LogP contribution in [0.15, 0.2) is 48.5 Å². The third kappa shape index (κ3) is 4.24. The molecule has 0 unspecified atom stereocenters. The fourth-order valence-corrected chi connectivity index (χ4v) is 4.66. The van der Waals surface area contributed by atoms with Gasteiger partial charge in [0.05, 0.1) is 16.9 Å². The average molecular weight is 418 g/mol. The minimum absolute atomic E-state index is 0.0245. The molecule has 2 aromatic carbocycles. The van der Waals surface area contributed by atoms with Gasteiger partial charge >= 0.3 is 6.03 Å². The summed E-state index contributed by atoms with van der Waals surface area (Å²) in [6, 6.07) is 18.6.